The first-order valence-corrected chi connectivity index (χ1v) is 21.7. The van der Waals surface area contributed by atoms with Crippen molar-refractivity contribution in [2.75, 3.05) is 32.1 Å². The highest BCUT2D eigenvalue weighted by molar-refractivity contribution is 6.34. The van der Waals surface area contributed by atoms with Crippen LogP contribution >= 0.6 is 23.2 Å². The van der Waals surface area contributed by atoms with Gasteiger partial charge in [-0.05, 0) is 69.9 Å². The molecule has 2 N–H and O–H groups in total. The lowest BCUT2D eigenvalue weighted by molar-refractivity contribution is -0.136. The van der Waals surface area contributed by atoms with Gasteiger partial charge in [-0.25, -0.2) is 4.79 Å². The van der Waals surface area contributed by atoms with E-state index in [4.69, 9.17) is 27.9 Å². The van der Waals surface area contributed by atoms with Crippen molar-refractivity contribution in [2.45, 2.75) is 107 Å². The Hall–Kier alpha value is -4.37. The molecule has 0 bridgehead atoms. The molecule has 2 fully saturated rings. The van der Waals surface area contributed by atoms with Gasteiger partial charge in [0, 0.05) is 39.1 Å². The topological polar surface area (TPSA) is 91.0 Å². The molecule has 4 aromatic rings. The Bertz CT molecular complexity index is 2060. The van der Waals surface area contributed by atoms with Crippen molar-refractivity contribution in [3.8, 4) is 0 Å². The van der Waals surface area contributed by atoms with Crippen LogP contribution in [0.2, 0.25) is 0 Å². The molecule has 1 unspecified atom stereocenters. The number of rotatable bonds is 11. The van der Waals surface area contributed by atoms with Crippen molar-refractivity contribution in [1.29, 1.82) is 0 Å². The number of nitrogens with one attached hydrogen (secondary N) is 2. The number of carbonyl (C=O) groups excluding carboxylic acids is 3. The highest BCUT2D eigenvalue weighted by atomic mass is 35.5. The summed E-state index contributed by atoms with van der Waals surface area (Å²) in [5.41, 5.74) is 4.55. The molecule has 59 heavy (non-hydrogen) atoms. The number of ether oxygens (including phenoxy) is 1. The number of piperidine rings is 2. The van der Waals surface area contributed by atoms with Gasteiger partial charge in [0.15, 0.2) is 0 Å². The van der Waals surface area contributed by atoms with E-state index in [1.165, 1.54) is 5.56 Å². The first-order valence-electron chi connectivity index (χ1n) is 20.8. The minimum Gasteiger partial charge on any atom is -0.417 e. The Morgan fingerprint density at radius 3 is 1.61 bits per heavy atom. The second-order valence-corrected chi connectivity index (χ2v) is 19.3. The van der Waals surface area contributed by atoms with E-state index in [-0.39, 0.29) is 42.1 Å². The summed E-state index contributed by atoms with van der Waals surface area (Å²) in [4.78, 5) is 46.0. The molecule has 4 aromatic carbocycles. The third-order valence-corrected chi connectivity index (χ3v) is 12.7. The molecule has 0 spiro atoms. The molecule has 8 nitrogen and oxygen atoms in total. The van der Waals surface area contributed by atoms with Gasteiger partial charge < -0.3 is 20.3 Å². The van der Waals surface area contributed by atoms with Crippen LogP contribution in [-0.2, 0) is 49.2 Å². The standard InChI is InChI=1S/C49H60Cl2N4O4/c1-45(2,3)38-19-13-21-40(31-38)47(52-42(56)34-50)25-29-55(30-26-47)44(58)59-49(51,33-36-15-9-7-10-16-36)43(57)53-48(41-22-14-20-39(32-41)46(4,5)6)23-27-54(28-24-48)35-37-17-11-8-12-18-37/h7-22,31-32H,23-30,33-35H2,1-6H3,(H,52,56)(H,53,57). The van der Waals surface area contributed by atoms with Crippen LogP contribution in [0, 0.1) is 0 Å². The number of nitrogens with zero attached hydrogens (tertiary/aromatic N) is 2. The summed E-state index contributed by atoms with van der Waals surface area (Å²) < 4.78 is 6.21. The monoisotopic (exact) mass is 838 g/mol. The molecule has 3 amide bonds. The number of alkyl halides is 2. The number of hydrogen-bond donors (Lipinski definition) is 2. The summed E-state index contributed by atoms with van der Waals surface area (Å²) in [6.07, 6.45) is 1.41. The smallest absolute Gasteiger partial charge is 0.411 e. The molecule has 2 heterocycles. The summed E-state index contributed by atoms with van der Waals surface area (Å²) in [5, 5.41) is 4.54. The highest BCUT2D eigenvalue weighted by Crippen LogP contribution is 2.39. The zero-order chi connectivity index (χ0) is 42.5. The lowest BCUT2D eigenvalue weighted by Gasteiger charge is -2.45. The average Bonchev–Trinajstić information content (AvgIpc) is 3.22. The van der Waals surface area contributed by atoms with Gasteiger partial charge in [-0.2, -0.15) is 0 Å². The molecule has 314 valence electrons. The summed E-state index contributed by atoms with van der Waals surface area (Å²) in [7, 11) is 0. The molecule has 0 aromatic heterocycles. The van der Waals surface area contributed by atoms with Gasteiger partial charge in [0.25, 0.3) is 11.0 Å². The van der Waals surface area contributed by atoms with Crippen molar-refractivity contribution in [3.05, 3.63) is 143 Å². The van der Waals surface area contributed by atoms with Gasteiger partial charge in [0.05, 0.1) is 11.1 Å². The Kier molecular flexibility index (Phi) is 13.5. The number of hydrogen-bond acceptors (Lipinski definition) is 5. The van der Waals surface area contributed by atoms with Crippen molar-refractivity contribution >= 4 is 41.1 Å². The lowest BCUT2D eigenvalue weighted by Crippen LogP contribution is -2.59. The third-order valence-electron chi connectivity index (χ3n) is 12.1. The maximum Gasteiger partial charge on any atom is 0.411 e. The fraction of sp³-hybridized carbons (Fsp3) is 0.449. The van der Waals surface area contributed by atoms with Crippen LogP contribution in [-0.4, -0.2) is 64.8 Å². The van der Waals surface area contributed by atoms with Crippen LogP contribution < -0.4 is 10.6 Å². The van der Waals surface area contributed by atoms with Crippen molar-refractivity contribution in [2.24, 2.45) is 0 Å². The predicted octanol–water partition coefficient (Wildman–Crippen LogP) is 9.55. The second kappa shape index (κ2) is 18.1. The van der Waals surface area contributed by atoms with Crippen molar-refractivity contribution in [1.82, 2.24) is 20.4 Å². The molecule has 10 heteroatoms. The number of halogens is 2. The van der Waals surface area contributed by atoms with E-state index >= 15 is 0 Å². The van der Waals surface area contributed by atoms with Gasteiger partial charge in [-0.15, -0.1) is 11.6 Å². The molecule has 0 saturated carbocycles. The minimum absolute atomic E-state index is 0.0334. The van der Waals surface area contributed by atoms with Gasteiger partial charge in [-0.3, -0.25) is 14.5 Å². The molecular weight excluding hydrogens is 779 g/mol. The fourth-order valence-corrected chi connectivity index (χ4v) is 8.71. The van der Waals surface area contributed by atoms with E-state index < -0.39 is 28.1 Å². The normalized spacial score (nSPS) is 18.0. The Morgan fingerprint density at radius 2 is 1.12 bits per heavy atom. The van der Waals surface area contributed by atoms with Gasteiger partial charge in [0.2, 0.25) is 5.91 Å². The summed E-state index contributed by atoms with van der Waals surface area (Å²) in [6.45, 7) is 15.8. The number of likely N-dealkylation sites (tertiary alicyclic amines) is 2. The molecule has 2 aliphatic heterocycles. The Labute approximate surface area is 361 Å². The summed E-state index contributed by atoms with van der Waals surface area (Å²) >= 11 is 13.4. The van der Waals surface area contributed by atoms with E-state index in [2.05, 4.69) is 118 Å². The number of carbonyl (C=O) groups is 3. The molecule has 2 aliphatic rings. The van der Waals surface area contributed by atoms with E-state index in [1.54, 1.807) is 4.90 Å². The van der Waals surface area contributed by atoms with Crippen molar-refractivity contribution in [3.63, 3.8) is 0 Å². The molecule has 0 radical (unpaired) electrons. The zero-order valence-corrected chi connectivity index (χ0v) is 37.0. The molecule has 1 atom stereocenters. The number of amides is 3. The predicted molar refractivity (Wildman–Crippen MR) is 238 cm³/mol. The second-order valence-electron chi connectivity index (χ2n) is 18.5. The van der Waals surface area contributed by atoms with Crippen LogP contribution in [0.25, 0.3) is 0 Å². The molecule has 0 aliphatic carbocycles. The lowest BCUT2D eigenvalue weighted by atomic mass is 9.77. The summed E-state index contributed by atoms with van der Waals surface area (Å²) in [5.74, 6) is -1.02. The maximum absolute atomic E-state index is 14.9. The van der Waals surface area contributed by atoms with E-state index in [0.717, 1.165) is 47.5 Å². The molecule has 6 rings (SSSR count). The number of benzene rings is 4. The van der Waals surface area contributed by atoms with Crippen LogP contribution in [0.15, 0.2) is 109 Å². The highest BCUT2D eigenvalue weighted by Gasteiger charge is 2.48. The van der Waals surface area contributed by atoms with E-state index in [0.29, 0.717) is 25.7 Å². The van der Waals surface area contributed by atoms with E-state index in [1.807, 2.05) is 48.5 Å². The average molecular weight is 840 g/mol. The first-order chi connectivity index (χ1) is 27.9. The third kappa shape index (κ3) is 10.7. The molecular formula is C49H60Cl2N4O4. The maximum atomic E-state index is 14.9. The van der Waals surface area contributed by atoms with Crippen LogP contribution in [0.3, 0.4) is 0 Å². The van der Waals surface area contributed by atoms with Crippen LogP contribution in [0.1, 0.15) is 101 Å². The molecule has 2 saturated heterocycles. The van der Waals surface area contributed by atoms with Crippen LogP contribution in [0.5, 0.6) is 0 Å². The SMILES string of the molecule is CC(C)(C)c1cccc(C2(NC(=O)CCl)CCN(C(=O)OC(Cl)(Cc3ccccc3)C(=O)NC3(c4cccc(C(C)(C)C)c4)CCN(Cc4ccccc4)CC3)CC2)c1. The minimum atomic E-state index is -2.06. The fourth-order valence-electron chi connectivity index (χ4n) is 8.38. The Morgan fingerprint density at radius 1 is 0.644 bits per heavy atom. The first kappa shape index (κ1) is 44.2. The van der Waals surface area contributed by atoms with Gasteiger partial charge >= 0.3 is 6.09 Å². The van der Waals surface area contributed by atoms with Gasteiger partial charge in [0.1, 0.15) is 5.88 Å². The Balaban J connectivity index is 1.27. The van der Waals surface area contributed by atoms with E-state index in [9.17, 15) is 14.4 Å². The summed E-state index contributed by atoms with van der Waals surface area (Å²) in [6, 6.07) is 36.5. The van der Waals surface area contributed by atoms with Crippen molar-refractivity contribution < 1.29 is 19.1 Å². The van der Waals surface area contributed by atoms with Crippen LogP contribution in [0.4, 0.5) is 4.79 Å². The largest absolute Gasteiger partial charge is 0.417 e. The van der Waals surface area contributed by atoms with Gasteiger partial charge in [-0.1, -0.05) is 162 Å². The zero-order valence-electron chi connectivity index (χ0n) is 35.5. The quantitative estimate of drug-likeness (QED) is 0.147.